The lowest BCUT2D eigenvalue weighted by Gasteiger charge is -2.29. The molecular formula is C9H20O5. The van der Waals surface area contributed by atoms with Crippen LogP contribution in [-0.2, 0) is 0 Å². The maximum absolute atomic E-state index is 9.49. The van der Waals surface area contributed by atoms with Crippen LogP contribution in [0.1, 0.15) is 20.8 Å². The van der Waals surface area contributed by atoms with E-state index in [1.807, 2.05) is 0 Å². The molecular weight excluding hydrogens is 188 g/mol. The Morgan fingerprint density at radius 3 is 1.29 bits per heavy atom. The maximum atomic E-state index is 9.49. The lowest BCUT2D eigenvalue weighted by Crippen LogP contribution is -2.47. The minimum atomic E-state index is -1.46. The molecule has 0 bridgehead atoms. The lowest BCUT2D eigenvalue weighted by atomic mass is 9.91. The van der Waals surface area contributed by atoms with Gasteiger partial charge in [0.2, 0.25) is 0 Å². The molecule has 86 valence electrons. The highest BCUT2D eigenvalue weighted by atomic mass is 16.4. The molecule has 0 aliphatic rings. The number of rotatable bonds is 5. The van der Waals surface area contributed by atoms with E-state index in [4.69, 9.17) is 10.2 Å². The summed E-state index contributed by atoms with van der Waals surface area (Å²) in [6.07, 6.45) is -6.05. The van der Waals surface area contributed by atoms with Crippen LogP contribution in [0.25, 0.3) is 0 Å². The predicted octanol–water partition coefficient (Wildman–Crippen LogP) is -1.53. The fraction of sp³-hybridized carbons (Fsp3) is 1.00. The first-order chi connectivity index (χ1) is 6.29. The Kier molecular flexibility index (Phi) is 5.54. The molecule has 6 unspecified atom stereocenters. The van der Waals surface area contributed by atoms with Crippen LogP contribution in [-0.4, -0.2) is 56.1 Å². The van der Waals surface area contributed by atoms with Crippen molar-refractivity contribution in [3.8, 4) is 0 Å². The molecule has 5 N–H and O–H groups in total. The largest absolute Gasteiger partial charge is 0.393 e. The lowest BCUT2D eigenvalue weighted by molar-refractivity contribution is -0.124. The molecule has 0 saturated heterocycles. The van der Waals surface area contributed by atoms with Crippen molar-refractivity contribution in [3.05, 3.63) is 0 Å². The van der Waals surface area contributed by atoms with E-state index in [0.29, 0.717) is 0 Å². The first kappa shape index (κ1) is 13.8. The summed E-state index contributed by atoms with van der Waals surface area (Å²) in [5.74, 6) is -0.571. The zero-order chi connectivity index (χ0) is 11.5. The number of hydrogen-bond donors (Lipinski definition) is 5. The fourth-order valence-electron chi connectivity index (χ4n) is 1.08. The van der Waals surface area contributed by atoms with Gasteiger partial charge in [-0.05, 0) is 13.8 Å². The Bertz CT molecular complexity index is 141. The molecule has 0 radical (unpaired) electrons. The molecule has 5 nitrogen and oxygen atoms in total. The van der Waals surface area contributed by atoms with Crippen LogP contribution < -0.4 is 0 Å². The van der Waals surface area contributed by atoms with Crippen LogP contribution in [0.15, 0.2) is 0 Å². The zero-order valence-corrected chi connectivity index (χ0v) is 8.70. The minimum absolute atomic E-state index is 0.571. The number of aliphatic hydroxyl groups is 5. The topological polar surface area (TPSA) is 101 Å². The summed E-state index contributed by atoms with van der Waals surface area (Å²) in [6.45, 7) is 4.34. The third-order valence-corrected chi connectivity index (χ3v) is 2.49. The monoisotopic (exact) mass is 208 g/mol. The molecule has 0 rings (SSSR count). The van der Waals surface area contributed by atoms with Crippen molar-refractivity contribution in [1.29, 1.82) is 0 Å². The van der Waals surface area contributed by atoms with Gasteiger partial charge in [0, 0.05) is 5.92 Å². The Morgan fingerprint density at radius 1 is 0.571 bits per heavy atom. The Morgan fingerprint density at radius 2 is 1.00 bits per heavy atom. The van der Waals surface area contributed by atoms with Crippen LogP contribution in [0.3, 0.4) is 0 Å². The molecule has 0 aliphatic carbocycles. The second kappa shape index (κ2) is 5.63. The fourth-order valence-corrected chi connectivity index (χ4v) is 1.08. The van der Waals surface area contributed by atoms with E-state index >= 15 is 0 Å². The second-order valence-corrected chi connectivity index (χ2v) is 3.81. The van der Waals surface area contributed by atoms with Gasteiger partial charge in [-0.25, -0.2) is 0 Å². The molecule has 14 heavy (non-hydrogen) atoms. The van der Waals surface area contributed by atoms with E-state index in [9.17, 15) is 15.3 Å². The van der Waals surface area contributed by atoms with E-state index in [0.717, 1.165) is 0 Å². The standard InChI is InChI=1S/C9H20O5/c1-4(5(2)10)7(12)9(14)8(13)6(3)11/h4-14H,1-3H3. The van der Waals surface area contributed by atoms with E-state index in [-0.39, 0.29) is 0 Å². The highest BCUT2D eigenvalue weighted by Gasteiger charge is 2.33. The smallest absolute Gasteiger partial charge is 0.109 e. The molecule has 6 atom stereocenters. The predicted molar refractivity (Wildman–Crippen MR) is 50.5 cm³/mol. The zero-order valence-electron chi connectivity index (χ0n) is 8.70. The molecule has 0 amide bonds. The van der Waals surface area contributed by atoms with E-state index in [1.165, 1.54) is 13.8 Å². The van der Waals surface area contributed by atoms with Gasteiger partial charge in [0.25, 0.3) is 0 Å². The van der Waals surface area contributed by atoms with Crippen molar-refractivity contribution in [2.24, 2.45) is 5.92 Å². The van der Waals surface area contributed by atoms with E-state index in [2.05, 4.69) is 0 Å². The van der Waals surface area contributed by atoms with Crippen molar-refractivity contribution in [2.75, 3.05) is 0 Å². The van der Waals surface area contributed by atoms with Crippen LogP contribution >= 0.6 is 0 Å². The summed E-state index contributed by atoms with van der Waals surface area (Å²) in [5, 5.41) is 46.3. The quantitative estimate of drug-likeness (QED) is 0.377. The molecule has 0 aromatic carbocycles. The molecule has 0 fully saturated rings. The first-order valence-electron chi connectivity index (χ1n) is 4.69. The van der Waals surface area contributed by atoms with Crippen molar-refractivity contribution in [2.45, 2.75) is 51.3 Å². The van der Waals surface area contributed by atoms with Crippen molar-refractivity contribution in [3.63, 3.8) is 0 Å². The number of aliphatic hydroxyl groups excluding tert-OH is 5. The van der Waals surface area contributed by atoms with Crippen LogP contribution in [0.2, 0.25) is 0 Å². The summed E-state index contributed by atoms with van der Waals surface area (Å²) >= 11 is 0. The summed E-state index contributed by atoms with van der Waals surface area (Å²) < 4.78 is 0. The Labute approximate surface area is 83.6 Å². The van der Waals surface area contributed by atoms with Crippen molar-refractivity contribution in [1.82, 2.24) is 0 Å². The molecule has 5 heteroatoms. The Balaban J connectivity index is 4.30. The van der Waals surface area contributed by atoms with Gasteiger partial charge in [-0.3, -0.25) is 0 Å². The molecule has 0 heterocycles. The van der Waals surface area contributed by atoms with Crippen LogP contribution in [0.5, 0.6) is 0 Å². The van der Waals surface area contributed by atoms with Crippen LogP contribution in [0, 0.1) is 5.92 Å². The van der Waals surface area contributed by atoms with Gasteiger partial charge < -0.3 is 25.5 Å². The minimum Gasteiger partial charge on any atom is -0.393 e. The van der Waals surface area contributed by atoms with Crippen molar-refractivity contribution < 1.29 is 25.5 Å². The maximum Gasteiger partial charge on any atom is 0.109 e. The molecule has 0 aliphatic heterocycles. The van der Waals surface area contributed by atoms with Gasteiger partial charge in [0.1, 0.15) is 12.2 Å². The average Bonchev–Trinajstić information content (AvgIpc) is 2.12. The average molecular weight is 208 g/mol. The third-order valence-electron chi connectivity index (χ3n) is 2.49. The third kappa shape index (κ3) is 3.51. The van der Waals surface area contributed by atoms with Gasteiger partial charge >= 0.3 is 0 Å². The summed E-state index contributed by atoms with van der Waals surface area (Å²) in [5.41, 5.74) is 0. The normalized spacial score (nSPS) is 24.9. The van der Waals surface area contributed by atoms with E-state index < -0.39 is 36.4 Å². The summed E-state index contributed by atoms with van der Waals surface area (Å²) in [6, 6.07) is 0. The highest BCUT2D eigenvalue weighted by molar-refractivity contribution is 4.83. The number of hydrogen-bond acceptors (Lipinski definition) is 5. The molecule has 0 aromatic rings. The molecule has 0 spiro atoms. The highest BCUT2D eigenvalue weighted by Crippen LogP contribution is 2.15. The molecule has 0 saturated carbocycles. The van der Waals surface area contributed by atoms with E-state index in [1.54, 1.807) is 6.92 Å². The van der Waals surface area contributed by atoms with Gasteiger partial charge in [0.15, 0.2) is 0 Å². The van der Waals surface area contributed by atoms with Crippen molar-refractivity contribution >= 4 is 0 Å². The second-order valence-electron chi connectivity index (χ2n) is 3.81. The van der Waals surface area contributed by atoms with Gasteiger partial charge in [-0.15, -0.1) is 0 Å². The first-order valence-corrected chi connectivity index (χ1v) is 4.69. The van der Waals surface area contributed by atoms with Gasteiger partial charge in [-0.2, -0.15) is 0 Å². The summed E-state index contributed by atoms with van der Waals surface area (Å²) in [7, 11) is 0. The molecule has 0 aromatic heterocycles. The summed E-state index contributed by atoms with van der Waals surface area (Å²) in [4.78, 5) is 0. The van der Waals surface area contributed by atoms with Gasteiger partial charge in [-0.1, -0.05) is 6.92 Å². The Hall–Kier alpha value is -0.200. The van der Waals surface area contributed by atoms with Gasteiger partial charge in [0.05, 0.1) is 18.3 Å². The van der Waals surface area contributed by atoms with Crippen LogP contribution in [0.4, 0.5) is 0 Å². The SMILES string of the molecule is CC(O)C(C)C(O)C(O)C(O)C(C)O.